The maximum atomic E-state index is 6.13. The largest absolute Gasteiger partial charge is 0.385 e. The Morgan fingerprint density at radius 3 is 2.75 bits per heavy atom. The molecular weight excluding hydrogens is 248 g/mol. The van der Waals surface area contributed by atoms with Gasteiger partial charge in [-0.2, -0.15) is 0 Å². The molecule has 0 spiro atoms. The van der Waals surface area contributed by atoms with E-state index in [-0.39, 0.29) is 6.04 Å². The van der Waals surface area contributed by atoms with Crippen LogP contribution in [0.25, 0.3) is 0 Å². The average molecular weight is 270 g/mol. The highest BCUT2D eigenvalue weighted by atomic mass is 15.0. The zero-order valence-electron chi connectivity index (χ0n) is 11.8. The van der Waals surface area contributed by atoms with Crippen molar-refractivity contribution in [1.82, 2.24) is 15.3 Å². The van der Waals surface area contributed by atoms with Crippen molar-refractivity contribution in [1.29, 1.82) is 0 Å². The quantitative estimate of drug-likeness (QED) is 0.721. The molecule has 0 saturated carbocycles. The minimum absolute atomic E-state index is 0.128. The summed E-state index contributed by atoms with van der Waals surface area (Å²) in [6, 6.07) is 10.6. The molecule has 0 aliphatic rings. The minimum Gasteiger partial charge on any atom is -0.385 e. The second-order valence-corrected chi connectivity index (χ2v) is 5.13. The van der Waals surface area contributed by atoms with E-state index in [2.05, 4.69) is 53.1 Å². The van der Waals surface area contributed by atoms with Crippen LogP contribution in [0.5, 0.6) is 0 Å². The zero-order valence-corrected chi connectivity index (χ0v) is 11.8. The molecule has 1 heterocycles. The molecule has 0 aliphatic heterocycles. The van der Waals surface area contributed by atoms with Crippen LogP contribution in [0.3, 0.4) is 0 Å². The Morgan fingerprint density at radius 1 is 1.35 bits per heavy atom. The zero-order chi connectivity index (χ0) is 14.4. The van der Waals surface area contributed by atoms with Gasteiger partial charge in [0.05, 0.1) is 12.0 Å². The van der Waals surface area contributed by atoms with E-state index in [1.54, 1.807) is 6.33 Å². The Labute approximate surface area is 120 Å². The van der Waals surface area contributed by atoms with Crippen molar-refractivity contribution in [2.24, 2.45) is 5.73 Å². The molecule has 4 heteroatoms. The van der Waals surface area contributed by atoms with Crippen molar-refractivity contribution in [3.05, 3.63) is 66.4 Å². The van der Waals surface area contributed by atoms with Crippen molar-refractivity contribution in [3.8, 4) is 0 Å². The number of H-pyrrole nitrogens is 1. The number of hydrogen-bond acceptors (Lipinski definition) is 3. The molecule has 0 bridgehead atoms. The average Bonchev–Trinajstić information content (AvgIpc) is 2.92. The fourth-order valence-corrected chi connectivity index (χ4v) is 2.19. The molecule has 0 radical (unpaired) electrons. The fraction of sp³-hybridized carbons (Fsp3) is 0.312. The van der Waals surface area contributed by atoms with Crippen molar-refractivity contribution >= 4 is 0 Å². The molecule has 2 rings (SSSR count). The highest BCUT2D eigenvalue weighted by Crippen LogP contribution is 2.06. The Balaban J connectivity index is 1.81. The summed E-state index contributed by atoms with van der Waals surface area (Å²) in [6.07, 6.45) is 5.17. The fourth-order valence-electron chi connectivity index (χ4n) is 2.19. The van der Waals surface area contributed by atoms with E-state index in [0.717, 1.165) is 17.8 Å². The molecule has 1 aromatic carbocycles. The van der Waals surface area contributed by atoms with Gasteiger partial charge in [-0.3, -0.25) is 0 Å². The molecule has 0 saturated heterocycles. The van der Waals surface area contributed by atoms with E-state index >= 15 is 0 Å². The molecule has 2 atom stereocenters. The van der Waals surface area contributed by atoms with E-state index in [0.29, 0.717) is 12.5 Å². The van der Waals surface area contributed by atoms with Gasteiger partial charge in [0, 0.05) is 30.4 Å². The second kappa shape index (κ2) is 6.91. The first-order valence-electron chi connectivity index (χ1n) is 6.87. The van der Waals surface area contributed by atoms with Gasteiger partial charge in [-0.1, -0.05) is 36.9 Å². The van der Waals surface area contributed by atoms with Crippen LogP contribution in [0.2, 0.25) is 0 Å². The maximum Gasteiger partial charge on any atom is 0.0923 e. The van der Waals surface area contributed by atoms with Crippen LogP contribution >= 0.6 is 0 Å². The topological polar surface area (TPSA) is 66.7 Å². The SMILES string of the molecule is C=C(NC(C)Cc1ccccc1)C(N)Cc1c[nH]cn1. The maximum absolute atomic E-state index is 6.13. The van der Waals surface area contributed by atoms with Gasteiger partial charge in [0.15, 0.2) is 0 Å². The lowest BCUT2D eigenvalue weighted by molar-refractivity contribution is 0.565. The Morgan fingerprint density at radius 2 is 2.10 bits per heavy atom. The van der Waals surface area contributed by atoms with E-state index < -0.39 is 0 Å². The monoisotopic (exact) mass is 270 g/mol. The molecule has 0 aliphatic carbocycles. The highest BCUT2D eigenvalue weighted by molar-refractivity contribution is 5.17. The molecule has 20 heavy (non-hydrogen) atoms. The summed E-state index contributed by atoms with van der Waals surface area (Å²) in [7, 11) is 0. The number of aromatic amines is 1. The molecule has 2 unspecified atom stereocenters. The molecule has 4 nitrogen and oxygen atoms in total. The van der Waals surface area contributed by atoms with Gasteiger partial charge in [-0.15, -0.1) is 0 Å². The Bertz CT molecular complexity index is 519. The van der Waals surface area contributed by atoms with Crippen LogP contribution in [-0.4, -0.2) is 22.1 Å². The summed E-state index contributed by atoms with van der Waals surface area (Å²) in [4.78, 5) is 7.11. The van der Waals surface area contributed by atoms with E-state index in [9.17, 15) is 0 Å². The summed E-state index contributed by atoms with van der Waals surface area (Å²) < 4.78 is 0. The van der Waals surface area contributed by atoms with Gasteiger partial charge < -0.3 is 16.0 Å². The number of nitrogens with zero attached hydrogens (tertiary/aromatic N) is 1. The van der Waals surface area contributed by atoms with E-state index in [1.807, 2.05) is 12.3 Å². The smallest absolute Gasteiger partial charge is 0.0923 e. The number of nitrogens with one attached hydrogen (secondary N) is 2. The first-order valence-corrected chi connectivity index (χ1v) is 6.87. The van der Waals surface area contributed by atoms with E-state index in [1.165, 1.54) is 5.56 Å². The Hall–Kier alpha value is -2.07. The molecule has 1 aromatic heterocycles. The van der Waals surface area contributed by atoms with Crippen molar-refractivity contribution in [3.63, 3.8) is 0 Å². The van der Waals surface area contributed by atoms with Gasteiger partial charge in [0.25, 0.3) is 0 Å². The van der Waals surface area contributed by atoms with Crippen LogP contribution in [0.15, 0.2) is 55.1 Å². The summed E-state index contributed by atoms with van der Waals surface area (Å²) >= 11 is 0. The minimum atomic E-state index is -0.128. The van der Waals surface area contributed by atoms with Crippen LogP contribution < -0.4 is 11.1 Å². The second-order valence-electron chi connectivity index (χ2n) is 5.13. The number of nitrogens with two attached hydrogens (primary N) is 1. The van der Waals surface area contributed by atoms with Crippen molar-refractivity contribution < 1.29 is 0 Å². The highest BCUT2D eigenvalue weighted by Gasteiger charge is 2.12. The number of imidazole rings is 1. The summed E-state index contributed by atoms with van der Waals surface area (Å²) in [5.74, 6) is 0. The molecule has 0 fully saturated rings. The molecular formula is C16H22N4. The summed E-state index contributed by atoms with van der Waals surface area (Å²) in [5.41, 5.74) is 9.25. The number of hydrogen-bond donors (Lipinski definition) is 3. The molecule has 106 valence electrons. The molecule has 4 N–H and O–H groups in total. The lowest BCUT2D eigenvalue weighted by atomic mass is 10.1. The lowest BCUT2D eigenvalue weighted by Gasteiger charge is -2.21. The predicted octanol–water partition coefficient (Wildman–Crippen LogP) is 2.01. The number of rotatable bonds is 7. The first kappa shape index (κ1) is 14.3. The summed E-state index contributed by atoms with van der Waals surface area (Å²) in [6.45, 7) is 6.18. The van der Waals surface area contributed by atoms with Gasteiger partial charge >= 0.3 is 0 Å². The lowest BCUT2D eigenvalue weighted by Crippen LogP contribution is -2.37. The van der Waals surface area contributed by atoms with Crippen LogP contribution in [-0.2, 0) is 12.8 Å². The Kier molecular flexibility index (Phi) is 4.96. The van der Waals surface area contributed by atoms with Crippen LogP contribution in [0.4, 0.5) is 0 Å². The standard InChI is InChI=1S/C16H22N4/c1-12(8-14-6-4-3-5-7-14)20-13(2)16(17)9-15-10-18-11-19-15/h3-7,10-12,16,20H,2,8-9,17H2,1H3,(H,18,19). The van der Waals surface area contributed by atoms with Gasteiger partial charge in [0.1, 0.15) is 0 Å². The van der Waals surface area contributed by atoms with Gasteiger partial charge in [-0.25, -0.2) is 4.98 Å². The van der Waals surface area contributed by atoms with Crippen molar-refractivity contribution in [2.75, 3.05) is 0 Å². The van der Waals surface area contributed by atoms with Crippen molar-refractivity contribution in [2.45, 2.75) is 31.8 Å². The van der Waals surface area contributed by atoms with Crippen LogP contribution in [0.1, 0.15) is 18.2 Å². The normalized spacial score (nSPS) is 13.7. The van der Waals surface area contributed by atoms with Gasteiger partial charge in [-0.05, 0) is 18.9 Å². The molecule has 0 amide bonds. The van der Waals surface area contributed by atoms with E-state index in [4.69, 9.17) is 5.73 Å². The third-order valence-electron chi connectivity index (χ3n) is 3.25. The third-order valence-corrected chi connectivity index (χ3v) is 3.25. The third kappa shape index (κ3) is 4.24. The first-order chi connectivity index (χ1) is 9.65. The predicted molar refractivity (Wildman–Crippen MR) is 82.2 cm³/mol. The summed E-state index contributed by atoms with van der Waals surface area (Å²) in [5, 5.41) is 3.38. The van der Waals surface area contributed by atoms with Gasteiger partial charge in [0.2, 0.25) is 0 Å². The number of benzene rings is 1. The van der Waals surface area contributed by atoms with Crippen LogP contribution in [0, 0.1) is 0 Å². The molecule has 2 aromatic rings. The number of aromatic nitrogens is 2.